The van der Waals surface area contributed by atoms with Crippen LogP contribution in [0.15, 0.2) is 0 Å². The zero-order valence-electron chi connectivity index (χ0n) is 7.92. The fourth-order valence-corrected chi connectivity index (χ4v) is 1.62. The van der Waals surface area contributed by atoms with E-state index in [9.17, 15) is 4.79 Å². The smallest absolute Gasteiger partial charge is 0.168 e. The van der Waals surface area contributed by atoms with Crippen LogP contribution in [-0.4, -0.2) is 25.8 Å². The van der Waals surface area contributed by atoms with E-state index in [0.717, 1.165) is 0 Å². The van der Waals surface area contributed by atoms with Gasteiger partial charge in [0.05, 0.1) is 0 Å². The zero-order chi connectivity index (χ0) is 9.19. The van der Waals surface area contributed by atoms with Gasteiger partial charge in [-0.1, -0.05) is 6.92 Å². The minimum Gasteiger partial charge on any atom is -0.353 e. The molecule has 0 aliphatic heterocycles. The van der Waals surface area contributed by atoms with Gasteiger partial charge in [0.1, 0.15) is 5.78 Å². The van der Waals surface area contributed by atoms with Crippen LogP contribution >= 0.6 is 0 Å². The number of hydrogen-bond donors (Lipinski definition) is 0. The van der Waals surface area contributed by atoms with Crippen molar-refractivity contribution in [2.75, 3.05) is 14.2 Å². The van der Waals surface area contributed by atoms with Crippen molar-refractivity contribution in [3.05, 3.63) is 0 Å². The maximum atomic E-state index is 11.2. The van der Waals surface area contributed by atoms with Gasteiger partial charge in [0, 0.05) is 39.4 Å². The van der Waals surface area contributed by atoms with Crippen LogP contribution in [0.1, 0.15) is 26.2 Å². The normalized spacial score (nSPS) is 21.9. The third-order valence-electron chi connectivity index (χ3n) is 2.66. The van der Waals surface area contributed by atoms with E-state index in [0.29, 0.717) is 25.0 Å². The van der Waals surface area contributed by atoms with Crippen LogP contribution in [0, 0.1) is 5.92 Å². The first-order valence-electron chi connectivity index (χ1n) is 4.30. The molecule has 1 aliphatic rings. The molecule has 0 spiro atoms. The largest absolute Gasteiger partial charge is 0.353 e. The van der Waals surface area contributed by atoms with Crippen molar-refractivity contribution >= 4 is 5.78 Å². The average molecular weight is 172 g/mol. The number of ketones is 1. The molecule has 0 amide bonds. The van der Waals surface area contributed by atoms with E-state index < -0.39 is 5.79 Å². The Labute approximate surface area is 73.0 Å². The summed E-state index contributed by atoms with van der Waals surface area (Å²) in [5.74, 6) is 0.0183. The molecule has 3 nitrogen and oxygen atoms in total. The summed E-state index contributed by atoms with van der Waals surface area (Å²) in [5.41, 5.74) is 0. The average Bonchev–Trinajstić information content (AvgIpc) is 2.04. The molecule has 0 aromatic carbocycles. The van der Waals surface area contributed by atoms with Gasteiger partial charge in [-0.3, -0.25) is 4.79 Å². The van der Waals surface area contributed by atoms with Crippen LogP contribution in [0.5, 0.6) is 0 Å². The molecule has 0 radical (unpaired) electrons. The third kappa shape index (κ3) is 1.52. The Balaban J connectivity index is 2.40. The monoisotopic (exact) mass is 172 g/mol. The lowest BCUT2D eigenvalue weighted by atomic mass is 9.75. The van der Waals surface area contributed by atoms with Gasteiger partial charge in [-0.15, -0.1) is 0 Å². The fourth-order valence-electron chi connectivity index (χ4n) is 1.62. The predicted octanol–water partition coefficient (Wildman–Crippen LogP) is 1.36. The minimum atomic E-state index is -0.463. The lowest BCUT2D eigenvalue weighted by Crippen LogP contribution is -2.49. The number of ether oxygens (including phenoxy) is 2. The van der Waals surface area contributed by atoms with Crippen LogP contribution in [0.25, 0.3) is 0 Å². The van der Waals surface area contributed by atoms with Crippen molar-refractivity contribution in [1.29, 1.82) is 0 Å². The molecule has 0 atom stereocenters. The van der Waals surface area contributed by atoms with Crippen LogP contribution in [0.2, 0.25) is 0 Å². The molecule has 1 aliphatic carbocycles. The Morgan fingerprint density at radius 1 is 1.42 bits per heavy atom. The molecule has 3 heteroatoms. The molecule has 0 aromatic heterocycles. The van der Waals surface area contributed by atoms with Gasteiger partial charge in [0.15, 0.2) is 5.79 Å². The summed E-state index contributed by atoms with van der Waals surface area (Å²) in [4.78, 5) is 11.2. The van der Waals surface area contributed by atoms with E-state index in [1.54, 1.807) is 14.2 Å². The Morgan fingerprint density at radius 2 is 1.92 bits per heavy atom. The van der Waals surface area contributed by atoms with E-state index in [1.807, 2.05) is 6.92 Å². The van der Waals surface area contributed by atoms with E-state index in [4.69, 9.17) is 9.47 Å². The number of carbonyl (C=O) groups excluding carboxylic acids is 1. The highest BCUT2D eigenvalue weighted by atomic mass is 16.7. The van der Waals surface area contributed by atoms with Crippen LogP contribution < -0.4 is 0 Å². The molecule has 0 aromatic rings. The first-order valence-corrected chi connectivity index (χ1v) is 4.30. The van der Waals surface area contributed by atoms with Crippen molar-refractivity contribution in [2.45, 2.75) is 32.0 Å². The van der Waals surface area contributed by atoms with Crippen LogP contribution in [-0.2, 0) is 14.3 Å². The van der Waals surface area contributed by atoms with Gasteiger partial charge in [0.2, 0.25) is 0 Å². The first kappa shape index (κ1) is 9.68. The number of carbonyl (C=O) groups is 1. The summed E-state index contributed by atoms with van der Waals surface area (Å²) < 4.78 is 10.3. The Kier molecular flexibility index (Phi) is 2.85. The number of hydrogen-bond acceptors (Lipinski definition) is 3. The van der Waals surface area contributed by atoms with Gasteiger partial charge >= 0.3 is 0 Å². The third-order valence-corrected chi connectivity index (χ3v) is 2.66. The second kappa shape index (κ2) is 3.54. The Morgan fingerprint density at radius 3 is 2.25 bits per heavy atom. The summed E-state index contributed by atoms with van der Waals surface area (Å²) in [6.07, 6.45) is 2.05. The summed E-state index contributed by atoms with van der Waals surface area (Å²) in [6.45, 7) is 1.89. The van der Waals surface area contributed by atoms with Crippen molar-refractivity contribution in [3.8, 4) is 0 Å². The van der Waals surface area contributed by atoms with Crippen molar-refractivity contribution < 1.29 is 14.3 Å². The summed E-state index contributed by atoms with van der Waals surface area (Å²) in [7, 11) is 3.24. The van der Waals surface area contributed by atoms with Crippen molar-refractivity contribution in [2.24, 2.45) is 5.92 Å². The maximum Gasteiger partial charge on any atom is 0.168 e. The molecule has 12 heavy (non-hydrogen) atoms. The van der Waals surface area contributed by atoms with Gasteiger partial charge < -0.3 is 9.47 Å². The number of Topliss-reactive ketones (excluding diaryl/α,β-unsaturated/α-hetero) is 1. The predicted molar refractivity (Wildman–Crippen MR) is 44.8 cm³/mol. The summed E-state index contributed by atoms with van der Waals surface area (Å²) >= 11 is 0. The quantitative estimate of drug-likeness (QED) is 0.601. The van der Waals surface area contributed by atoms with Crippen LogP contribution in [0.4, 0.5) is 0 Å². The molecular formula is C9H16O3. The molecule has 1 saturated carbocycles. The Bertz CT molecular complexity index is 165. The zero-order valence-corrected chi connectivity index (χ0v) is 7.92. The van der Waals surface area contributed by atoms with Gasteiger partial charge in [-0.25, -0.2) is 0 Å². The van der Waals surface area contributed by atoms with E-state index in [-0.39, 0.29) is 5.92 Å². The second-order valence-corrected chi connectivity index (χ2v) is 3.24. The topological polar surface area (TPSA) is 35.5 Å². The van der Waals surface area contributed by atoms with E-state index in [1.165, 1.54) is 0 Å². The summed E-state index contributed by atoms with van der Waals surface area (Å²) in [6, 6.07) is 0. The molecule has 0 heterocycles. The number of methoxy groups -OCH3 is 2. The molecule has 70 valence electrons. The second-order valence-electron chi connectivity index (χ2n) is 3.24. The molecule has 1 rings (SSSR count). The highest BCUT2D eigenvalue weighted by molar-refractivity contribution is 5.81. The molecule has 0 N–H and O–H groups in total. The highest BCUT2D eigenvalue weighted by Gasteiger charge is 2.47. The SMILES string of the molecule is CCC(=O)C1CC(OC)(OC)C1. The van der Waals surface area contributed by atoms with E-state index >= 15 is 0 Å². The van der Waals surface area contributed by atoms with Gasteiger partial charge in [-0.05, 0) is 0 Å². The molecular weight excluding hydrogens is 156 g/mol. The molecule has 0 unspecified atom stereocenters. The standard InChI is InChI=1S/C9H16O3/c1-4-8(10)7-5-9(6-7,11-2)12-3/h7H,4-6H2,1-3H3. The maximum absolute atomic E-state index is 11.2. The molecule has 0 bridgehead atoms. The lowest BCUT2D eigenvalue weighted by molar-refractivity contribution is -0.266. The Hall–Kier alpha value is -0.410. The van der Waals surface area contributed by atoms with Crippen molar-refractivity contribution in [1.82, 2.24) is 0 Å². The lowest BCUT2D eigenvalue weighted by Gasteiger charge is -2.44. The highest BCUT2D eigenvalue weighted by Crippen LogP contribution is 2.41. The van der Waals surface area contributed by atoms with Crippen LogP contribution in [0.3, 0.4) is 0 Å². The fraction of sp³-hybridized carbons (Fsp3) is 0.889. The first-order chi connectivity index (χ1) is 5.67. The van der Waals surface area contributed by atoms with Crippen molar-refractivity contribution in [3.63, 3.8) is 0 Å². The van der Waals surface area contributed by atoms with Gasteiger partial charge in [0.25, 0.3) is 0 Å². The molecule has 1 fully saturated rings. The van der Waals surface area contributed by atoms with Gasteiger partial charge in [-0.2, -0.15) is 0 Å². The minimum absolute atomic E-state index is 0.162. The van der Waals surface area contributed by atoms with E-state index in [2.05, 4.69) is 0 Å². The summed E-state index contributed by atoms with van der Waals surface area (Å²) in [5, 5.41) is 0. The molecule has 0 saturated heterocycles. The number of rotatable bonds is 4.